The predicted molar refractivity (Wildman–Crippen MR) is 145 cm³/mol. The van der Waals surface area contributed by atoms with Gasteiger partial charge < -0.3 is 9.47 Å². The second kappa shape index (κ2) is 10.6. The van der Waals surface area contributed by atoms with E-state index in [4.69, 9.17) is 21.1 Å². The summed E-state index contributed by atoms with van der Waals surface area (Å²) in [5.74, 6) is -3.45. The van der Waals surface area contributed by atoms with Gasteiger partial charge in [0, 0.05) is 29.2 Å². The molecule has 6 heteroatoms. The number of benzene rings is 3. The van der Waals surface area contributed by atoms with Crippen molar-refractivity contribution in [1.82, 2.24) is 0 Å². The molecule has 0 radical (unpaired) electrons. The number of hydrogen-bond acceptors (Lipinski definition) is 5. The van der Waals surface area contributed by atoms with Crippen molar-refractivity contribution in [3.63, 3.8) is 0 Å². The second-order valence-corrected chi connectivity index (χ2v) is 10.4. The summed E-state index contributed by atoms with van der Waals surface area (Å²) in [6, 6.07) is 21.2. The third-order valence-electron chi connectivity index (χ3n) is 7.61. The molecule has 0 saturated carbocycles. The number of aryl methyl sites for hydroxylation is 2. The highest BCUT2D eigenvalue weighted by molar-refractivity contribution is 6.35. The molecule has 2 aliphatic rings. The minimum Gasteiger partial charge on any atom is -0.483 e. The van der Waals surface area contributed by atoms with Crippen LogP contribution in [-0.4, -0.2) is 24.6 Å². The van der Waals surface area contributed by atoms with Gasteiger partial charge in [0.2, 0.25) is 5.78 Å². The molecule has 0 fully saturated rings. The second-order valence-electron chi connectivity index (χ2n) is 9.99. The summed E-state index contributed by atoms with van der Waals surface area (Å²) in [7, 11) is 0. The van der Waals surface area contributed by atoms with Crippen LogP contribution in [0.2, 0.25) is 5.02 Å². The maximum absolute atomic E-state index is 13.9. The molecule has 0 aromatic heterocycles. The summed E-state index contributed by atoms with van der Waals surface area (Å²) in [4.78, 5) is 39.5. The van der Waals surface area contributed by atoms with Crippen LogP contribution >= 0.6 is 11.6 Å². The lowest BCUT2D eigenvalue weighted by molar-refractivity contribution is -0.156. The minimum atomic E-state index is -0.900. The molecule has 0 bridgehead atoms. The average molecular weight is 529 g/mol. The summed E-state index contributed by atoms with van der Waals surface area (Å²) in [5, 5.41) is 0.428. The number of Topliss-reactive ketones (excluding diaryl/α,β-unsaturated/α-hetero) is 1. The smallest absolute Gasteiger partial charge is 0.374 e. The zero-order valence-corrected chi connectivity index (χ0v) is 22.3. The Labute approximate surface area is 227 Å². The van der Waals surface area contributed by atoms with Crippen LogP contribution in [0.5, 0.6) is 5.75 Å². The van der Waals surface area contributed by atoms with E-state index in [0.717, 1.165) is 34.1 Å². The Kier molecular flexibility index (Phi) is 7.22. The van der Waals surface area contributed by atoms with E-state index in [2.05, 4.69) is 0 Å². The number of hydrogen-bond donors (Lipinski definition) is 0. The molecule has 0 N–H and O–H groups in total. The summed E-state index contributed by atoms with van der Waals surface area (Å²) in [5.41, 5.74) is 5.03. The van der Waals surface area contributed by atoms with Crippen LogP contribution in [0.1, 0.15) is 52.7 Å². The number of ether oxygens (including phenoxy) is 2. The summed E-state index contributed by atoms with van der Waals surface area (Å²) in [6.45, 7) is 5.72. The van der Waals surface area contributed by atoms with Gasteiger partial charge in [0.1, 0.15) is 18.1 Å². The largest absolute Gasteiger partial charge is 0.483 e. The number of allylic oxidation sites excluding steroid dienone is 1. The molecule has 5 atom stereocenters. The molecule has 0 spiro atoms. The monoisotopic (exact) mass is 528 g/mol. The lowest BCUT2D eigenvalue weighted by Gasteiger charge is -2.47. The van der Waals surface area contributed by atoms with Crippen molar-refractivity contribution >= 4 is 29.6 Å². The molecule has 194 valence electrons. The highest BCUT2D eigenvalue weighted by atomic mass is 35.5. The quantitative estimate of drug-likeness (QED) is 0.208. The Morgan fingerprint density at radius 2 is 1.58 bits per heavy atom. The molecule has 0 saturated heterocycles. The number of carbonyl (C=O) groups excluding carboxylic acids is 3. The Bertz CT molecular complexity index is 1410. The van der Waals surface area contributed by atoms with E-state index in [0.29, 0.717) is 16.3 Å². The highest BCUT2D eigenvalue weighted by Gasteiger charge is 2.53. The van der Waals surface area contributed by atoms with Crippen LogP contribution < -0.4 is 4.74 Å². The normalized spacial score (nSPS) is 23.8. The summed E-state index contributed by atoms with van der Waals surface area (Å²) >= 11 is 6.64. The van der Waals surface area contributed by atoms with Gasteiger partial charge in [0.05, 0.1) is 11.6 Å². The number of para-hydroxylation sites is 1. The van der Waals surface area contributed by atoms with E-state index in [-0.39, 0.29) is 6.61 Å². The number of ketones is 1. The number of carbonyl (C=O) groups is 3. The zero-order valence-electron chi connectivity index (χ0n) is 21.5. The van der Waals surface area contributed by atoms with E-state index in [1.54, 1.807) is 13.0 Å². The molecule has 1 aliphatic carbocycles. The van der Waals surface area contributed by atoms with Crippen molar-refractivity contribution in [1.29, 1.82) is 0 Å². The van der Waals surface area contributed by atoms with Gasteiger partial charge in [-0.25, -0.2) is 4.79 Å². The van der Waals surface area contributed by atoms with Crippen molar-refractivity contribution in [3.8, 4) is 5.75 Å². The van der Waals surface area contributed by atoms with Gasteiger partial charge in [-0.05, 0) is 43.5 Å². The van der Waals surface area contributed by atoms with Crippen molar-refractivity contribution in [2.45, 2.75) is 38.7 Å². The maximum Gasteiger partial charge on any atom is 0.374 e. The lowest BCUT2D eigenvalue weighted by atomic mass is 9.59. The number of halogens is 1. The molecule has 1 heterocycles. The van der Waals surface area contributed by atoms with Crippen LogP contribution in [0, 0.1) is 25.7 Å². The fraction of sp³-hybridized carbons (Fsp3) is 0.281. The van der Waals surface area contributed by atoms with Gasteiger partial charge in [-0.15, -0.1) is 0 Å². The predicted octanol–water partition coefficient (Wildman–Crippen LogP) is 6.46. The van der Waals surface area contributed by atoms with Crippen LogP contribution in [-0.2, 0) is 19.1 Å². The summed E-state index contributed by atoms with van der Waals surface area (Å²) in [6.07, 6.45) is 2.21. The van der Waals surface area contributed by atoms with Crippen molar-refractivity contribution in [2.24, 2.45) is 11.8 Å². The Hall–Kier alpha value is -3.70. The van der Waals surface area contributed by atoms with E-state index in [1.807, 2.05) is 80.6 Å². The number of rotatable bonds is 6. The SMILES string of the molecule is CCOC(=O)C(=O)[C@@H]1[C@@H]2c3cccc(Cl)c3O[C@H](c3ccc(C)cc3)[C@H]2C=C(C=O)[C@H]1c1ccc(C)cc1. The Balaban J connectivity index is 1.77. The number of aldehydes is 1. The van der Waals surface area contributed by atoms with Crippen molar-refractivity contribution in [3.05, 3.63) is 111 Å². The first-order valence-corrected chi connectivity index (χ1v) is 13.2. The zero-order chi connectivity index (χ0) is 27.0. The van der Waals surface area contributed by atoms with Gasteiger partial charge in [0.25, 0.3) is 0 Å². The lowest BCUT2D eigenvalue weighted by Crippen LogP contribution is -2.44. The van der Waals surface area contributed by atoms with E-state index >= 15 is 0 Å². The summed E-state index contributed by atoms with van der Waals surface area (Å²) < 4.78 is 11.7. The standard InChI is InChI=1S/C32H29ClO5/c1-4-37-32(36)29(35)28-26(20-12-8-18(2)9-13-20)22(17-34)16-24-27(28)23-6-5-7-25(33)31(23)38-30(24)21-14-10-19(3)11-15-21/h5-17,24,26-28,30H,4H2,1-3H3/t24-,26+,27+,28-,30+/m0/s1. The van der Waals surface area contributed by atoms with Gasteiger partial charge in [0.15, 0.2) is 0 Å². The van der Waals surface area contributed by atoms with E-state index < -0.39 is 41.5 Å². The Morgan fingerprint density at radius 3 is 2.18 bits per heavy atom. The molecule has 5 rings (SSSR count). The first kappa shape index (κ1) is 25.9. The average Bonchev–Trinajstić information content (AvgIpc) is 2.92. The van der Waals surface area contributed by atoms with Crippen molar-refractivity contribution < 1.29 is 23.9 Å². The first-order valence-electron chi connectivity index (χ1n) is 12.8. The topological polar surface area (TPSA) is 69.7 Å². The molecule has 0 amide bonds. The van der Waals surface area contributed by atoms with Gasteiger partial charge in [-0.3, -0.25) is 9.59 Å². The van der Waals surface area contributed by atoms with Crippen LogP contribution in [0.3, 0.4) is 0 Å². The van der Waals surface area contributed by atoms with Crippen LogP contribution in [0.4, 0.5) is 0 Å². The molecular formula is C32H29ClO5. The van der Waals surface area contributed by atoms with Gasteiger partial charge in [-0.1, -0.05) is 89.5 Å². The third-order valence-corrected chi connectivity index (χ3v) is 7.91. The number of esters is 1. The third kappa shape index (κ3) is 4.56. The van der Waals surface area contributed by atoms with Gasteiger partial charge >= 0.3 is 5.97 Å². The van der Waals surface area contributed by atoms with E-state index in [9.17, 15) is 14.4 Å². The first-order chi connectivity index (χ1) is 18.3. The number of fused-ring (bicyclic) bond motifs is 3. The van der Waals surface area contributed by atoms with Crippen LogP contribution in [0.15, 0.2) is 78.4 Å². The molecule has 3 aromatic carbocycles. The molecule has 3 aromatic rings. The van der Waals surface area contributed by atoms with Crippen molar-refractivity contribution in [2.75, 3.05) is 6.61 Å². The molecule has 0 unspecified atom stereocenters. The minimum absolute atomic E-state index is 0.0779. The molecule has 1 aliphatic heterocycles. The fourth-order valence-electron chi connectivity index (χ4n) is 5.86. The highest BCUT2D eigenvalue weighted by Crippen LogP contribution is 2.58. The van der Waals surface area contributed by atoms with Gasteiger partial charge in [-0.2, -0.15) is 0 Å². The molecular weight excluding hydrogens is 500 g/mol. The molecule has 5 nitrogen and oxygen atoms in total. The van der Waals surface area contributed by atoms with E-state index in [1.165, 1.54) is 0 Å². The molecule has 38 heavy (non-hydrogen) atoms. The Morgan fingerprint density at radius 1 is 0.947 bits per heavy atom. The van der Waals surface area contributed by atoms with Crippen LogP contribution in [0.25, 0.3) is 0 Å². The maximum atomic E-state index is 13.9. The fourth-order valence-corrected chi connectivity index (χ4v) is 6.09.